The Bertz CT molecular complexity index is 417. The fourth-order valence-corrected chi connectivity index (χ4v) is 1.14. The first-order chi connectivity index (χ1) is 6.95. The zero-order valence-corrected chi connectivity index (χ0v) is 7.80. The topological polar surface area (TPSA) is 143 Å². The van der Waals surface area contributed by atoms with Crippen LogP contribution in [0.15, 0.2) is 18.2 Å². The molecule has 0 radical (unpaired) electrons. The number of aromatic carboxylic acids is 3. The van der Waals surface area contributed by atoms with Gasteiger partial charge in [0.05, 0.1) is 16.7 Å². The van der Waals surface area contributed by atoms with Crippen molar-refractivity contribution in [3.05, 3.63) is 34.9 Å². The molecule has 0 saturated carbocycles. The number of hydrogen-bond acceptors (Lipinski definition) is 3. The van der Waals surface area contributed by atoms with Gasteiger partial charge in [-0.3, -0.25) is 0 Å². The Balaban J connectivity index is 0.00000225. The summed E-state index contributed by atoms with van der Waals surface area (Å²) in [5.41, 5.74) is -1.79. The fourth-order valence-electron chi connectivity index (χ4n) is 1.14. The SMILES string of the molecule is O.O=C(O)c1cccc(C(=O)O)c1C(=O)O. The summed E-state index contributed by atoms with van der Waals surface area (Å²) in [6.07, 6.45) is 0. The van der Waals surface area contributed by atoms with Crippen molar-refractivity contribution in [1.82, 2.24) is 0 Å². The van der Waals surface area contributed by atoms with Crippen LogP contribution in [0.4, 0.5) is 0 Å². The largest absolute Gasteiger partial charge is 0.478 e. The summed E-state index contributed by atoms with van der Waals surface area (Å²) >= 11 is 0. The predicted octanol–water partition coefficient (Wildman–Crippen LogP) is -0.0435. The van der Waals surface area contributed by atoms with Gasteiger partial charge in [0.1, 0.15) is 0 Å². The van der Waals surface area contributed by atoms with Crippen LogP contribution in [0.3, 0.4) is 0 Å². The fraction of sp³-hybridized carbons (Fsp3) is 0. The van der Waals surface area contributed by atoms with E-state index in [-0.39, 0.29) is 5.48 Å². The summed E-state index contributed by atoms with van der Waals surface area (Å²) in [6.45, 7) is 0. The molecule has 0 fully saturated rings. The maximum absolute atomic E-state index is 10.7. The lowest BCUT2D eigenvalue weighted by molar-refractivity contribution is 0.0633. The van der Waals surface area contributed by atoms with Gasteiger partial charge in [-0.25, -0.2) is 14.4 Å². The van der Waals surface area contributed by atoms with E-state index >= 15 is 0 Å². The smallest absolute Gasteiger partial charge is 0.337 e. The zero-order valence-electron chi connectivity index (χ0n) is 7.80. The van der Waals surface area contributed by atoms with Crippen molar-refractivity contribution in [2.75, 3.05) is 0 Å². The standard InChI is InChI=1S/C9H6O6.H2O/c10-7(11)4-2-1-3-5(8(12)13)6(4)9(14)15;/h1-3H,(H,10,11)(H,12,13)(H,14,15);1H2. The van der Waals surface area contributed by atoms with Crippen molar-refractivity contribution in [3.8, 4) is 0 Å². The molecule has 1 aromatic rings. The van der Waals surface area contributed by atoms with Crippen LogP contribution >= 0.6 is 0 Å². The highest BCUT2D eigenvalue weighted by Crippen LogP contribution is 2.15. The van der Waals surface area contributed by atoms with Crippen molar-refractivity contribution in [2.24, 2.45) is 0 Å². The van der Waals surface area contributed by atoms with Gasteiger partial charge in [0, 0.05) is 0 Å². The summed E-state index contributed by atoms with van der Waals surface area (Å²) in [6, 6.07) is 3.26. The minimum Gasteiger partial charge on any atom is -0.478 e. The Morgan fingerprint density at radius 2 is 1.19 bits per heavy atom. The molecule has 0 aliphatic heterocycles. The Kier molecular flexibility index (Phi) is 4.16. The molecule has 0 aliphatic carbocycles. The van der Waals surface area contributed by atoms with E-state index in [1.54, 1.807) is 0 Å². The van der Waals surface area contributed by atoms with E-state index < -0.39 is 34.6 Å². The molecule has 0 heterocycles. The van der Waals surface area contributed by atoms with Crippen molar-refractivity contribution < 1.29 is 35.2 Å². The average Bonchev–Trinajstić information content (AvgIpc) is 2.16. The Morgan fingerprint density at radius 1 is 0.812 bits per heavy atom. The van der Waals surface area contributed by atoms with E-state index in [0.29, 0.717) is 0 Å². The van der Waals surface area contributed by atoms with E-state index in [4.69, 9.17) is 15.3 Å². The van der Waals surface area contributed by atoms with E-state index in [1.807, 2.05) is 0 Å². The molecule has 0 atom stereocenters. The summed E-state index contributed by atoms with van der Waals surface area (Å²) in [5.74, 6) is -4.53. The molecule has 7 heteroatoms. The highest BCUT2D eigenvalue weighted by atomic mass is 16.4. The highest BCUT2D eigenvalue weighted by molar-refractivity contribution is 6.08. The predicted molar refractivity (Wildman–Crippen MR) is 50.9 cm³/mol. The van der Waals surface area contributed by atoms with Gasteiger partial charge in [0.25, 0.3) is 0 Å². The number of benzene rings is 1. The molecule has 86 valence electrons. The third-order valence-electron chi connectivity index (χ3n) is 1.74. The van der Waals surface area contributed by atoms with E-state index in [1.165, 1.54) is 6.07 Å². The maximum atomic E-state index is 10.7. The molecule has 1 aromatic carbocycles. The van der Waals surface area contributed by atoms with Crippen LogP contribution in [-0.4, -0.2) is 38.7 Å². The first-order valence-electron chi connectivity index (χ1n) is 3.78. The molecule has 0 bridgehead atoms. The molecule has 0 saturated heterocycles. The van der Waals surface area contributed by atoms with Gasteiger partial charge in [-0.15, -0.1) is 0 Å². The molecule has 7 nitrogen and oxygen atoms in total. The van der Waals surface area contributed by atoms with E-state index in [9.17, 15) is 14.4 Å². The van der Waals surface area contributed by atoms with E-state index in [0.717, 1.165) is 12.1 Å². The highest BCUT2D eigenvalue weighted by Gasteiger charge is 2.22. The second-order valence-electron chi connectivity index (χ2n) is 2.64. The second kappa shape index (κ2) is 4.89. The quantitative estimate of drug-likeness (QED) is 0.661. The van der Waals surface area contributed by atoms with Crippen molar-refractivity contribution in [3.63, 3.8) is 0 Å². The minimum absolute atomic E-state index is 0. The molecular formula is C9H8O7. The molecule has 0 aliphatic rings. The number of rotatable bonds is 3. The molecule has 5 N–H and O–H groups in total. The first-order valence-corrected chi connectivity index (χ1v) is 3.78. The van der Waals surface area contributed by atoms with Crippen LogP contribution in [0.1, 0.15) is 31.1 Å². The van der Waals surface area contributed by atoms with Crippen LogP contribution in [0.2, 0.25) is 0 Å². The molecular weight excluding hydrogens is 220 g/mol. The van der Waals surface area contributed by atoms with Crippen LogP contribution in [0, 0.1) is 0 Å². The van der Waals surface area contributed by atoms with Gasteiger partial charge >= 0.3 is 17.9 Å². The van der Waals surface area contributed by atoms with Crippen LogP contribution in [0.5, 0.6) is 0 Å². The maximum Gasteiger partial charge on any atom is 0.337 e. The normalized spacial score (nSPS) is 9.00. The average molecular weight is 228 g/mol. The lowest BCUT2D eigenvalue weighted by Crippen LogP contribution is -2.14. The minimum atomic E-state index is -1.58. The summed E-state index contributed by atoms with van der Waals surface area (Å²) in [5, 5.41) is 26.0. The summed E-state index contributed by atoms with van der Waals surface area (Å²) in [7, 11) is 0. The number of carboxylic acid groups (broad SMARTS) is 3. The first kappa shape index (κ1) is 13.6. The van der Waals surface area contributed by atoms with Crippen molar-refractivity contribution >= 4 is 17.9 Å². The third-order valence-corrected chi connectivity index (χ3v) is 1.74. The number of carbonyl (C=O) groups is 3. The van der Waals surface area contributed by atoms with Crippen molar-refractivity contribution in [1.29, 1.82) is 0 Å². The van der Waals surface area contributed by atoms with Gasteiger partial charge in [-0.1, -0.05) is 6.07 Å². The van der Waals surface area contributed by atoms with Crippen LogP contribution < -0.4 is 0 Å². The Hall–Kier alpha value is -2.41. The molecule has 1 rings (SSSR count). The van der Waals surface area contributed by atoms with Crippen LogP contribution in [-0.2, 0) is 0 Å². The molecule has 0 aromatic heterocycles. The third kappa shape index (κ3) is 2.34. The van der Waals surface area contributed by atoms with Crippen LogP contribution in [0.25, 0.3) is 0 Å². The lowest BCUT2D eigenvalue weighted by atomic mass is 10.0. The number of hydrogen-bond donors (Lipinski definition) is 3. The van der Waals surface area contributed by atoms with Gasteiger partial charge < -0.3 is 20.8 Å². The van der Waals surface area contributed by atoms with Gasteiger partial charge in [0.15, 0.2) is 0 Å². The van der Waals surface area contributed by atoms with Gasteiger partial charge in [-0.2, -0.15) is 0 Å². The Labute approximate surface area is 88.9 Å². The molecule has 0 amide bonds. The summed E-state index contributed by atoms with van der Waals surface area (Å²) < 4.78 is 0. The molecule has 0 spiro atoms. The molecule has 16 heavy (non-hydrogen) atoms. The van der Waals surface area contributed by atoms with Gasteiger partial charge in [-0.05, 0) is 12.1 Å². The second-order valence-corrected chi connectivity index (χ2v) is 2.64. The van der Waals surface area contributed by atoms with Gasteiger partial charge in [0.2, 0.25) is 0 Å². The van der Waals surface area contributed by atoms with E-state index in [2.05, 4.69) is 0 Å². The number of carboxylic acids is 3. The molecule has 0 unspecified atom stereocenters. The zero-order chi connectivity index (χ0) is 11.6. The summed E-state index contributed by atoms with van der Waals surface area (Å²) in [4.78, 5) is 32.0. The van der Waals surface area contributed by atoms with Crippen molar-refractivity contribution in [2.45, 2.75) is 0 Å². The Morgan fingerprint density at radius 3 is 1.44 bits per heavy atom. The lowest BCUT2D eigenvalue weighted by Gasteiger charge is -2.04. The monoisotopic (exact) mass is 228 g/mol.